The highest BCUT2D eigenvalue weighted by molar-refractivity contribution is 9.13. The summed E-state index contributed by atoms with van der Waals surface area (Å²) < 4.78 is 7.28. The molecule has 4 nitrogen and oxygen atoms in total. The van der Waals surface area contributed by atoms with Gasteiger partial charge in [0.15, 0.2) is 4.99 Å². The van der Waals surface area contributed by atoms with Crippen molar-refractivity contribution in [2.75, 3.05) is 17.7 Å². The number of carbonyl (C=O) groups is 1. The Balaban J connectivity index is 2.21. The Morgan fingerprint density at radius 3 is 2.44 bits per heavy atom. The van der Waals surface area contributed by atoms with Crippen LogP contribution in [-0.4, -0.2) is 18.0 Å². The zero-order valence-corrected chi connectivity index (χ0v) is 19.2. The fourth-order valence-corrected chi connectivity index (χ4v) is 3.99. The van der Waals surface area contributed by atoms with Gasteiger partial charge in [0.25, 0.3) is 5.91 Å². The molecule has 1 amide bonds. The highest BCUT2D eigenvalue weighted by Crippen LogP contribution is 2.42. The lowest BCUT2D eigenvalue weighted by Crippen LogP contribution is -2.28. The normalized spacial score (nSPS) is 10.3. The van der Waals surface area contributed by atoms with Crippen LogP contribution in [0.5, 0.6) is 5.75 Å². The largest absolute Gasteiger partial charge is 0.495 e. The molecule has 0 aromatic heterocycles. The molecule has 2 aromatic rings. The van der Waals surface area contributed by atoms with Gasteiger partial charge in [-0.2, -0.15) is 0 Å². The zero-order valence-electron chi connectivity index (χ0n) is 13.7. The smallest absolute Gasteiger partial charge is 0.283 e. The van der Waals surface area contributed by atoms with Crippen molar-refractivity contribution in [1.29, 1.82) is 0 Å². The number of anilines is 2. The molecule has 0 atom stereocenters. The maximum Gasteiger partial charge on any atom is 0.283 e. The van der Waals surface area contributed by atoms with Crippen molar-refractivity contribution in [2.24, 2.45) is 0 Å². The fourth-order valence-electron chi connectivity index (χ4n) is 2.07. The van der Waals surface area contributed by atoms with Crippen LogP contribution in [0.1, 0.15) is 11.1 Å². The molecular weight excluding hydrogens is 536 g/mol. The maximum atomic E-state index is 12.5. The van der Waals surface area contributed by atoms with E-state index in [4.69, 9.17) is 17.0 Å². The summed E-state index contributed by atoms with van der Waals surface area (Å²) in [6.07, 6.45) is 0. The topological polar surface area (TPSA) is 50.4 Å². The molecule has 0 saturated carbocycles. The molecule has 0 unspecified atom stereocenters. The van der Waals surface area contributed by atoms with Crippen molar-refractivity contribution in [3.05, 3.63) is 48.8 Å². The van der Waals surface area contributed by atoms with E-state index in [2.05, 4.69) is 58.4 Å². The van der Waals surface area contributed by atoms with Gasteiger partial charge in [-0.1, -0.05) is 24.4 Å². The first-order valence-electron chi connectivity index (χ1n) is 7.16. The van der Waals surface area contributed by atoms with Crippen LogP contribution in [0.3, 0.4) is 0 Å². The number of carbonyl (C=O) groups excluding carboxylic acids is 1. The van der Waals surface area contributed by atoms with Crippen LogP contribution in [0.2, 0.25) is 0 Å². The Morgan fingerprint density at radius 1 is 1.12 bits per heavy atom. The number of aryl methyl sites for hydroxylation is 1. The van der Waals surface area contributed by atoms with E-state index < -0.39 is 5.91 Å². The van der Waals surface area contributed by atoms with Crippen molar-refractivity contribution in [1.82, 2.24) is 0 Å². The minimum atomic E-state index is -0.408. The summed E-state index contributed by atoms with van der Waals surface area (Å²) in [5, 5.41) is 5.80. The van der Waals surface area contributed by atoms with E-state index in [1.165, 1.54) is 0 Å². The predicted octanol–water partition coefficient (Wildman–Crippen LogP) is 5.98. The molecule has 0 spiro atoms. The summed E-state index contributed by atoms with van der Waals surface area (Å²) in [6.45, 7) is 3.98. The van der Waals surface area contributed by atoms with Crippen LogP contribution in [0.25, 0.3) is 0 Å². The number of amides is 1. The number of halogens is 3. The molecule has 0 fully saturated rings. The van der Waals surface area contributed by atoms with E-state index in [1.807, 2.05) is 32.0 Å². The number of hydrogen-bond donors (Lipinski definition) is 2. The van der Waals surface area contributed by atoms with E-state index in [1.54, 1.807) is 13.2 Å². The molecule has 0 aliphatic carbocycles. The summed E-state index contributed by atoms with van der Waals surface area (Å²) in [5.74, 6) is 0.224. The third kappa shape index (κ3) is 4.61. The van der Waals surface area contributed by atoms with E-state index in [9.17, 15) is 4.79 Å². The second kappa shape index (κ2) is 8.62. The standard InChI is InChI=1S/C17H15Br3N2O2S/c1-8-5-4-6-11(9(8)2)21-17(25)16(23)22-15-10(18)7-12(24-3)13(19)14(15)20/h4-7H,1-3H3,(H,21,25)(H,22,23). The third-order valence-corrected chi connectivity index (χ3v) is 6.67. The lowest BCUT2D eigenvalue weighted by atomic mass is 10.1. The Morgan fingerprint density at radius 2 is 1.80 bits per heavy atom. The van der Waals surface area contributed by atoms with Crippen LogP contribution in [0.4, 0.5) is 11.4 Å². The minimum absolute atomic E-state index is 0.0828. The van der Waals surface area contributed by atoms with E-state index in [0.717, 1.165) is 16.8 Å². The number of rotatable bonds is 3. The van der Waals surface area contributed by atoms with Crippen molar-refractivity contribution < 1.29 is 9.53 Å². The molecule has 2 N–H and O–H groups in total. The molecule has 25 heavy (non-hydrogen) atoms. The Hall–Kier alpha value is -0.960. The average Bonchev–Trinajstić information content (AvgIpc) is 2.58. The van der Waals surface area contributed by atoms with Crippen LogP contribution in [0, 0.1) is 13.8 Å². The summed E-state index contributed by atoms with van der Waals surface area (Å²) in [7, 11) is 1.57. The van der Waals surface area contributed by atoms with Gasteiger partial charge in [-0.05, 0) is 84.9 Å². The van der Waals surface area contributed by atoms with Crippen molar-refractivity contribution in [2.45, 2.75) is 13.8 Å². The molecule has 0 aliphatic rings. The molecular formula is C17H15Br3N2O2S. The number of nitrogens with one attached hydrogen (secondary N) is 2. The van der Waals surface area contributed by atoms with Crippen molar-refractivity contribution >= 4 is 82.3 Å². The molecule has 132 valence electrons. The van der Waals surface area contributed by atoms with Gasteiger partial charge in [0.1, 0.15) is 5.75 Å². The van der Waals surface area contributed by atoms with Gasteiger partial charge in [0.2, 0.25) is 0 Å². The number of thiocarbonyl (C=S) groups is 1. The molecule has 8 heteroatoms. The number of hydrogen-bond acceptors (Lipinski definition) is 3. The van der Waals surface area contributed by atoms with Crippen LogP contribution in [-0.2, 0) is 4.79 Å². The van der Waals surface area contributed by atoms with Gasteiger partial charge >= 0.3 is 0 Å². The Kier molecular flexibility index (Phi) is 7.01. The van der Waals surface area contributed by atoms with Gasteiger partial charge in [-0.25, -0.2) is 0 Å². The second-order valence-corrected chi connectivity index (χ2v) is 8.07. The molecule has 0 heterocycles. The molecule has 2 rings (SSSR count). The van der Waals surface area contributed by atoms with E-state index >= 15 is 0 Å². The molecule has 0 aliphatic heterocycles. The number of methoxy groups -OCH3 is 1. The van der Waals surface area contributed by atoms with Crippen LogP contribution >= 0.6 is 60.0 Å². The number of benzene rings is 2. The molecule has 0 bridgehead atoms. The first-order valence-corrected chi connectivity index (χ1v) is 9.95. The van der Waals surface area contributed by atoms with E-state index in [-0.39, 0.29) is 4.99 Å². The van der Waals surface area contributed by atoms with Gasteiger partial charge < -0.3 is 15.4 Å². The number of ether oxygens (including phenoxy) is 1. The lowest BCUT2D eigenvalue weighted by Gasteiger charge is -2.15. The summed E-state index contributed by atoms with van der Waals surface area (Å²) >= 11 is 15.6. The predicted molar refractivity (Wildman–Crippen MR) is 117 cm³/mol. The molecule has 2 aromatic carbocycles. The fraction of sp³-hybridized carbons (Fsp3) is 0.176. The monoisotopic (exact) mass is 548 g/mol. The SMILES string of the molecule is COc1cc(Br)c(NC(=O)C(=S)Nc2cccc(C)c2C)c(Br)c1Br. The Labute approximate surface area is 177 Å². The first-order chi connectivity index (χ1) is 11.8. The minimum Gasteiger partial charge on any atom is -0.495 e. The maximum absolute atomic E-state index is 12.5. The molecule has 0 radical (unpaired) electrons. The van der Waals surface area contributed by atoms with Crippen molar-refractivity contribution in [3.63, 3.8) is 0 Å². The highest BCUT2D eigenvalue weighted by Gasteiger charge is 2.18. The highest BCUT2D eigenvalue weighted by atomic mass is 79.9. The zero-order chi connectivity index (χ0) is 18.7. The summed E-state index contributed by atoms with van der Waals surface area (Å²) in [5.41, 5.74) is 3.54. The third-order valence-electron chi connectivity index (χ3n) is 3.64. The van der Waals surface area contributed by atoms with Gasteiger partial charge in [-0.3, -0.25) is 4.79 Å². The van der Waals surface area contributed by atoms with Gasteiger partial charge in [-0.15, -0.1) is 0 Å². The van der Waals surface area contributed by atoms with Crippen LogP contribution in [0.15, 0.2) is 37.7 Å². The van der Waals surface area contributed by atoms with Crippen LogP contribution < -0.4 is 15.4 Å². The van der Waals surface area contributed by atoms with Gasteiger partial charge in [0, 0.05) is 10.2 Å². The summed E-state index contributed by atoms with van der Waals surface area (Å²) in [6, 6.07) is 7.56. The summed E-state index contributed by atoms with van der Waals surface area (Å²) in [4.78, 5) is 12.6. The average molecular weight is 551 g/mol. The molecule has 0 saturated heterocycles. The van der Waals surface area contributed by atoms with Crippen molar-refractivity contribution in [3.8, 4) is 5.75 Å². The lowest BCUT2D eigenvalue weighted by molar-refractivity contribution is -0.110. The second-order valence-electron chi connectivity index (χ2n) is 5.22. The Bertz CT molecular complexity index is 856. The van der Waals surface area contributed by atoms with E-state index in [0.29, 0.717) is 24.9 Å². The first kappa shape index (κ1) is 20.4. The quantitative estimate of drug-likeness (QED) is 0.365. The van der Waals surface area contributed by atoms with Gasteiger partial charge in [0.05, 0.1) is 21.7 Å².